The predicted molar refractivity (Wildman–Crippen MR) is 70.9 cm³/mol. The van der Waals surface area contributed by atoms with E-state index in [9.17, 15) is 4.79 Å². The Kier molecular flexibility index (Phi) is 3.57. The lowest BCUT2D eigenvalue weighted by Gasteiger charge is -2.05. The van der Waals surface area contributed by atoms with Crippen LogP contribution in [0.5, 0.6) is 0 Å². The highest BCUT2D eigenvalue weighted by Gasteiger charge is 2.11. The highest BCUT2D eigenvalue weighted by Crippen LogP contribution is 2.13. The number of amides is 1. The third-order valence-electron chi connectivity index (χ3n) is 2.39. The lowest BCUT2D eigenvalue weighted by Crippen LogP contribution is -2.16. The van der Waals surface area contributed by atoms with Crippen LogP contribution in [0.25, 0.3) is 0 Å². The van der Waals surface area contributed by atoms with Crippen molar-refractivity contribution >= 4 is 29.3 Å². The zero-order valence-electron chi connectivity index (χ0n) is 10.3. The Hall–Kier alpha value is -2.28. The number of hydrogen-bond donors (Lipinski definition) is 2. The smallest absolute Gasteiger partial charge is 0.258 e. The van der Waals surface area contributed by atoms with Crippen LogP contribution in [0, 0.1) is 13.8 Å². The molecule has 0 saturated heterocycles. The number of halogens is 1. The molecule has 0 aromatic carbocycles. The first-order chi connectivity index (χ1) is 8.95. The zero-order valence-corrected chi connectivity index (χ0v) is 11.1. The molecular weight excluding hydrogens is 268 g/mol. The monoisotopic (exact) mass is 278 g/mol. The molecule has 98 valence electrons. The standard InChI is InChI=1S/C11H11ClN6O/c1-5-6(2)17-18-11(14-5)16-10(19)7-3-8(12)15-9(13)4-7/h3-4H,1-2H3,(H2,13,15)(H,14,16,18,19). The van der Waals surface area contributed by atoms with Crippen molar-refractivity contribution in [3.63, 3.8) is 0 Å². The number of nitrogens with one attached hydrogen (secondary N) is 1. The van der Waals surface area contributed by atoms with Gasteiger partial charge in [0.1, 0.15) is 11.0 Å². The molecule has 0 radical (unpaired) electrons. The second kappa shape index (κ2) is 5.15. The fourth-order valence-electron chi connectivity index (χ4n) is 1.33. The molecule has 1 amide bonds. The zero-order chi connectivity index (χ0) is 14.0. The van der Waals surface area contributed by atoms with E-state index in [0.717, 1.165) is 0 Å². The first-order valence-electron chi connectivity index (χ1n) is 5.38. The minimum Gasteiger partial charge on any atom is -0.384 e. The van der Waals surface area contributed by atoms with Gasteiger partial charge < -0.3 is 5.73 Å². The molecule has 2 aromatic heterocycles. The predicted octanol–water partition coefficient (Wildman–Crippen LogP) is 1.37. The number of pyridine rings is 1. The molecule has 0 bridgehead atoms. The summed E-state index contributed by atoms with van der Waals surface area (Å²) in [6.45, 7) is 3.56. The van der Waals surface area contributed by atoms with Gasteiger partial charge in [-0.2, -0.15) is 5.10 Å². The molecular formula is C11H11ClN6O. The summed E-state index contributed by atoms with van der Waals surface area (Å²) in [5.41, 5.74) is 7.19. The molecule has 8 heteroatoms. The molecule has 0 spiro atoms. The summed E-state index contributed by atoms with van der Waals surface area (Å²) in [4.78, 5) is 19.8. The number of nitrogen functional groups attached to an aromatic ring is 1. The van der Waals surface area contributed by atoms with Gasteiger partial charge in [0, 0.05) is 5.56 Å². The molecule has 2 aromatic rings. The van der Waals surface area contributed by atoms with Crippen LogP contribution in [0.1, 0.15) is 21.7 Å². The summed E-state index contributed by atoms with van der Waals surface area (Å²) in [7, 11) is 0. The molecule has 2 rings (SSSR count). The first-order valence-corrected chi connectivity index (χ1v) is 5.76. The van der Waals surface area contributed by atoms with E-state index in [1.54, 1.807) is 13.8 Å². The van der Waals surface area contributed by atoms with Gasteiger partial charge in [0.2, 0.25) is 5.95 Å². The minimum absolute atomic E-state index is 0.125. The number of carbonyl (C=O) groups is 1. The lowest BCUT2D eigenvalue weighted by atomic mass is 10.2. The highest BCUT2D eigenvalue weighted by atomic mass is 35.5. The van der Waals surface area contributed by atoms with Crippen molar-refractivity contribution < 1.29 is 4.79 Å². The summed E-state index contributed by atoms with van der Waals surface area (Å²) in [6, 6.07) is 2.82. The second-order valence-electron chi connectivity index (χ2n) is 3.86. The molecule has 7 nitrogen and oxygen atoms in total. The van der Waals surface area contributed by atoms with Crippen LogP contribution in [0.15, 0.2) is 12.1 Å². The van der Waals surface area contributed by atoms with Gasteiger partial charge in [0.15, 0.2) is 0 Å². The van der Waals surface area contributed by atoms with Crippen LogP contribution in [0.3, 0.4) is 0 Å². The Bertz CT molecular complexity index is 625. The van der Waals surface area contributed by atoms with Crippen LogP contribution in [-0.2, 0) is 0 Å². The van der Waals surface area contributed by atoms with Gasteiger partial charge in [-0.1, -0.05) is 11.6 Å². The van der Waals surface area contributed by atoms with E-state index in [-0.39, 0.29) is 22.5 Å². The van der Waals surface area contributed by atoms with Crippen molar-refractivity contribution in [2.45, 2.75) is 13.8 Å². The largest absolute Gasteiger partial charge is 0.384 e. The Balaban J connectivity index is 2.22. The third-order valence-corrected chi connectivity index (χ3v) is 2.59. The van der Waals surface area contributed by atoms with Crippen LogP contribution >= 0.6 is 11.6 Å². The van der Waals surface area contributed by atoms with E-state index in [2.05, 4.69) is 25.5 Å². The van der Waals surface area contributed by atoms with Crippen molar-refractivity contribution in [1.82, 2.24) is 20.2 Å². The van der Waals surface area contributed by atoms with Crippen molar-refractivity contribution in [3.8, 4) is 0 Å². The van der Waals surface area contributed by atoms with Crippen molar-refractivity contribution in [3.05, 3.63) is 34.2 Å². The maximum atomic E-state index is 12.0. The Morgan fingerprint density at radius 2 is 1.95 bits per heavy atom. The van der Waals surface area contributed by atoms with Crippen molar-refractivity contribution in [1.29, 1.82) is 0 Å². The average Bonchev–Trinajstić information content (AvgIpc) is 2.32. The van der Waals surface area contributed by atoms with Gasteiger partial charge in [-0.05, 0) is 26.0 Å². The molecule has 0 atom stereocenters. The van der Waals surface area contributed by atoms with Gasteiger partial charge in [-0.15, -0.1) is 5.10 Å². The SMILES string of the molecule is Cc1nnc(NC(=O)c2cc(N)nc(Cl)c2)nc1C. The van der Waals surface area contributed by atoms with Crippen molar-refractivity contribution in [2.24, 2.45) is 0 Å². The van der Waals surface area contributed by atoms with E-state index in [1.807, 2.05) is 0 Å². The summed E-state index contributed by atoms with van der Waals surface area (Å²) < 4.78 is 0. The Labute approximate surface area is 114 Å². The number of aromatic nitrogens is 4. The minimum atomic E-state index is -0.430. The third kappa shape index (κ3) is 3.14. The summed E-state index contributed by atoms with van der Waals surface area (Å²) in [5, 5.41) is 10.3. The molecule has 2 heterocycles. The number of rotatable bonds is 2. The maximum absolute atomic E-state index is 12.0. The number of nitrogens with zero attached hydrogens (tertiary/aromatic N) is 4. The fraction of sp³-hybridized carbons (Fsp3) is 0.182. The highest BCUT2D eigenvalue weighted by molar-refractivity contribution is 6.30. The molecule has 0 unspecified atom stereocenters. The number of aryl methyl sites for hydroxylation is 2. The molecule has 3 N–H and O–H groups in total. The summed E-state index contributed by atoms with van der Waals surface area (Å²) in [5.74, 6) is -0.141. The van der Waals surface area contributed by atoms with Crippen LogP contribution < -0.4 is 11.1 Å². The molecule has 0 aliphatic heterocycles. The fourth-order valence-corrected chi connectivity index (χ4v) is 1.55. The number of hydrogen-bond acceptors (Lipinski definition) is 6. The Morgan fingerprint density at radius 1 is 1.21 bits per heavy atom. The van der Waals surface area contributed by atoms with Gasteiger partial charge >= 0.3 is 0 Å². The quantitative estimate of drug-likeness (QED) is 0.804. The summed E-state index contributed by atoms with van der Waals surface area (Å²) >= 11 is 5.73. The van der Waals surface area contributed by atoms with E-state index in [1.165, 1.54) is 12.1 Å². The van der Waals surface area contributed by atoms with E-state index < -0.39 is 5.91 Å². The summed E-state index contributed by atoms with van der Waals surface area (Å²) in [6.07, 6.45) is 0. The lowest BCUT2D eigenvalue weighted by molar-refractivity contribution is 0.102. The van der Waals surface area contributed by atoms with Crippen LogP contribution in [0.2, 0.25) is 5.15 Å². The number of carbonyl (C=O) groups excluding carboxylic acids is 1. The van der Waals surface area contributed by atoms with Gasteiger partial charge in [-0.25, -0.2) is 9.97 Å². The average molecular weight is 279 g/mol. The van der Waals surface area contributed by atoms with Gasteiger partial charge in [0.25, 0.3) is 5.91 Å². The molecule has 0 aliphatic rings. The van der Waals surface area contributed by atoms with Crippen LogP contribution in [-0.4, -0.2) is 26.1 Å². The van der Waals surface area contributed by atoms with E-state index in [0.29, 0.717) is 11.4 Å². The van der Waals surface area contributed by atoms with Gasteiger partial charge in [0.05, 0.1) is 11.4 Å². The molecule has 0 fully saturated rings. The Morgan fingerprint density at radius 3 is 2.58 bits per heavy atom. The number of nitrogens with two attached hydrogens (primary N) is 1. The first kappa shape index (κ1) is 13.2. The van der Waals surface area contributed by atoms with Gasteiger partial charge in [-0.3, -0.25) is 10.1 Å². The topological polar surface area (TPSA) is 107 Å². The molecule has 0 aliphatic carbocycles. The normalized spacial score (nSPS) is 10.3. The van der Waals surface area contributed by atoms with Crippen molar-refractivity contribution in [2.75, 3.05) is 11.1 Å². The van der Waals surface area contributed by atoms with E-state index >= 15 is 0 Å². The number of anilines is 2. The molecule has 19 heavy (non-hydrogen) atoms. The molecule has 0 saturated carbocycles. The van der Waals surface area contributed by atoms with E-state index in [4.69, 9.17) is 17.3 Å². The second-order valence-corrected chi connectivity index (χ2v) is 4.25. The van der Waals surface area contributed by atoms with Crippen LogP contribution in [0.4, 0.5) is 11.8 Å². The maximum Gasteiger partial charge on any atom is 0.258 e.